The van der Waals surface area contributed by atoms with Crippen LogP contribution in [-0.2, 0) is 0 Å². The molecular formula is C26H24F2O2. The minimum atomic E-state index is -0.856. The maximum Gasteiger partial charge on any atom is 0.166 e. The molecule has 0 aliphatic heterocycles. The van der Waals surface area contributed by atoms with Gasteiger partial charge in [0.2, 0.25) is 0 Å². The molecule has 0 aliphatic carbocycles. The average Bonchev–Trinajstić information content (AvgIpc) is 2.75. The number of halogens is 2. The lowest BCUT2D eigenvalue weighted by atomic mass is 9.96. The van der Waals surface area contributed by atoms with Gasteiger partial charge >= 0.3 is 0 Å². The summed E-state index contributed by atoms with van der Waals surface area (Å²) in [6.45, 7) is 4.48. The molecule has 0 N–H and O–H groups in total. The van der Waals surface area contributed by atoms with Gasteiger partial charge in [0.05, 0.1) is 6.61 Å². The van der Waals surface area contributed by atoms with Crippen LogP contribution >= 0.6 is 0 Å². The van der Waals surface area contributed by atoms with E-state index < -0.39 is 11.6 Å². The van der Waals surface area contributed by atoms with Crippen molar-refractivity contribution in [2.45, 2.75) is 26.7 Å². The molecule has 2 nitrogen and oxygen atoms in total. The van der Waals surface area contributed by atoms with Crippen molar-refractivity contribution in [1.29, 1.82) is 0 Å². The molecule has 0 atom stereocenters. The molecule has 0 heterocycles. The highest BCUT2D eigenvalue weighted by molar-refractivity contribution is 5.82. The van der Waals surface area contributed by atoms with Gasteiger partial charge in [-0.1, -0.05) is 36.4 Å². The summed E-state index contributed by atoms with van der Waals surface area (Å²) < 4.78 is 34.0. The van der Waals surface area contributed by atoms with Gasteiger partial charge in [0.25, 0.3) is 0 Å². The molecule has 0 aromatic heterocycles. The molecule has 30 heavy (non-hydrogen) atoms. The summed E-state index contributed by atoms with van der Waals surface area (Å²) in [7, 11) is 0. The van der Waals surface area contributed by atoms with Crippen LogP contribution in [0.2, 0.25) is 0 Å². The van der Waals surface area contributed by atoms with E-state index in [1.807, 2.05) is 38.1 Å². The Balaban J connectivity index is 1.77. The van der Waals surface area contributed by atoms with Crippen molar-refractivity contribution in [2.24, 2.45) is 0 Å². The molecule has 3 aromatic rings. The van der Waals surface area contributed by atoms with Crippen LogP contribution < -0.4 is 4.74 Å². The second-order valence-electron chi connectivity index (χ2n) is 7.25. The van der Waals surface area contributed by atoms with Crippen molar-refractivity contribution in [3.05, 3.63) is 100 Å². The third-order valence-corrected chi connectivity index (χ3v) is 5.04. The first-order valence-electron chi connectivity index (χ1n) is 9.88. The van der Waals surface area contributed by atoms with Crippen LogP contribution in [0.5, 0.6) is 5.75 Å². The number of hydrogen-bond donors (Lipinski definition) is 0. The highest BCUT2D eigenvalue weighted by Crippen LogP contribution is 2.27. The van der Waals surface area contributed by atoms with Crippen LogP contribution in [0.15, 0.2) is 60.7 Å². The lowest BCUT2D eigenvalue weighted by Gasteiger charge is -2.12. The summed E-state index contributed by atoms with van der Waals surface area (Å²) in [6, 6.07) is 17.1. The Morgan fingerprint density at radius 3 is 2.37 bits per heavy atom. The van der Waals surface area contributed by atoms with Gasteiger partial charge in [-0.2, -0.15) is 0 Å². The number of aldehydes is 1. The first-order chi connectivity index (χ1) is 14.5. The number of ether oxygens (including phenoxy) is 1. The number of carbonyl (C=O) groups excluding carboxylic acids is 1. The molecule has 3 rings (SSSR count). The molecule has 0 bridgehead atoms. The van der Waals surface area contributed by atoms with E-state index in [0.29, 0.717) is 30.8 Å². The summed E-state index contributed by atoms with van der Waals surface area (Å²) in [5, 5.41) is 0. The molecule has 0 amide bonds. The predicted octanol–water partition coefficient (Wildman–Crippen LogP) is 6.79. The van der Waals surface area contributed by atoms with Crippen molar-refractivity contribution >= 4 is 17.9 Å². The summed E-state index contributed by atoms with van der Waals surface area (Å²) in [5.74, 6) is -1.03. The Labute approximate surface area is 175 Å². The Kier molecular flexibility index (Phi) is 7.12. The van der Waals surface area contributed by atoms with Gasteiger partial charge in [0, 0.05) is 11.1 Å². The minimum absolute atomic E-state index is 0.267. The number of rotatable bonds is 8. The van der Waals surface area contributed by atoms with Gasteiger partial charge in [-0.05, 0) is 79.3 Å². The Morgan fingerprint density at radius 1 is 0.933 bits per heavy atom. The monoisotopic (exact) mass is 406 g/mol. The normalized spacial score (nSPS) is 11.4. The second-order valence-corrected chi connectivity index (χ2v) is 7.25. The zero-order chi connectivity index (χ0) is 21.5. The zero-order valence-corrected chi connectivity index (χ0v) is 17.1. The molecule has 0 saturated carbocycles. The third kappa shape index (κ3) is 5.41. The van der Waals surface area contributed by atoms with E-state index in [1.54, 1.807) is 30.3 Å². The van der Waals surface area contributed by atoms with Gasteiger partial charge in [0.1, 0.15) is 12.0 Å². The highest BCUT2D eigenvalue weighted by atomic mass is 19.2. The van der Waals surface area contributed by atoms with Crippen LogP contribution in [0, 0.1) is 25.5 Å². The summed E-state index contributed by atoms with van der Waals surface area (Å²) in [4.78, 5) is 10.7. The SMILES string of the molecule is Cc1ccc(C=C(CCCOc2ccc(C=O)cc2)c2cccc(F)c2F)cc1C. The Hall–Kier alpha value is -3.27. The fourth-order valence-corrected chi connectivity index (χ4v) is 3.19. The van der Waals surface area contributed by atoms with Gasteiger partial charge in [-0.15, -0.1) is 0 Å². The van der Waals surface area contributed by atoms with Gasteiger partial charge in [-0.25, -0.2) is 8.78 Å². The lowest BCUT2D eigenvalue weighted by Crippen LogP contribution is -2.00. The molecule has 0 unspecified atom stereocenters. The maximum absolute atomic E-state index is 14.5. The van der Waals surface area contributed by atoms with Crippen molar-refractivity contribution in [1.82, 2.24) is 0 Å². The van der Waals surface area contributed by atoms with E-state index in [2.05, 4.69) is 0 Å². The standard InChI is InChI=1S/C26H24F2O2/c1-18-8-9-21(15-19(18)2)16-22(24-6-3-7-25(27)26(24)28)5-4-14-30-23-12-10-20(17-29)11-13-23/h3,6-13,15-17H,4-5,14H2,1-2H3. The van der Waals surface area contributed by atoms with E-state index in [0.717, 1.165) is 29.1 Å². The topological polar surface area (TPSA) is 26.3 Å². The lowest BCUT2D eigenvalue weighted by molar-refractivity contribution is 0.112. The molecule has 154 valence electrons. The van der Waals surface area contributed by atoms with Crippen LogP contribution in [0.25, 0.3) is 11.6 Å². The smallest absolute Gasteiger partial charge is 0.166 e. The van der Waals surface area contributed by atoms with Crippen molar-refractivity contribution in [2.75, 3.05) is 6.61 Å². The molecule has 0 fully saturated rings. The highest BCUT2D eigenvalue weighted by Gasteiger charge is 2.12. The largest absolute Gasteiger partial charge is 0.494 e. The van der Waals surface area contributed by atoms with Crippen LogP contribution in [0.3, 0.4) is 0 Å². The van der Waals surface area contributed by atoms with Gasteiger partial charge in [-0.3, -0.25) is 4.79 Å². The first-order valence-corrected chi connectivity index (χ1v) is 9.88. The number of allylic oxidation sites excluding steroid dienone is 1. The predicted molar refractivity (Wildman–Crippen MR) is 117 cm³/mol. The second kappa shape index (κ2) is 9.97. The number of hydrogen-bond acceptors (Lipinski definition) is 2. The molecule has 0 radical (unpaired) electrons. The quantitative estimate of drug-likeness (QED) is 0.234. The first kappa shape index (κ1) is 21.4. The van der Waals surface area contributed by atoms with Crippen molar-refractivity contribution in [3.63, 3.8) is 0 Å². The molecule has 4 heteroatoms. The number of aryl methyl sites for hydroxylation is 2. The van der Waals surface area contributed by atoms with Crippen molar-refractivity contribution in [3.8, 4) is 5.75 Å². The van der Waals surface area contributed by atoms with Crippen LogP contribution in [-0.4, -0.2) is 12.9 Å². The van der Waals surface area contributed by atoms with Gasteiger partial charge in [0.15, 0.2) is 11.6 Å². The Morgan fingerprint density at radius 2 is 1.67 bits per heavy atom. The van der Waals surface area contributed by atoms with E-state index in [-0.39, 0.29) is 5.56 Å². The average molecular weight is 406 g/mol. The van der Waals surface area contributed by atoms with E-state index in [4.69, 9.17) is 4.74 Å². The third-order valence-electron chi connectivity index (χ3n) is 5.04. The van der Waals surface area contributed by atoms with Crippen molar-refractivity contribution < 1.29 is 18.3 Å². The van der Waals surface area contributed by atoms with Gasteiger partial charge < -0.3 is 4.74 Å². The fraction of sp³-hybridized carbons (Fsp3) is 0.192. The molecule has 3 aromatic carbocycles. The summed E-state index contributed by atoms with van der Waals surface area (Å²) in [6.07, 6.45) is 3.84. The number of benzene rings is 3. The summed E-state index contributed by atoms with van der Waals surface area (Å²) in [5.41, 5.74) is 4.84. The van der Waals surface area contributed by atoms with Crippen LogP contribution in [0.4, 0.5) is 8.78 Å². The van der Waals surface area contributed by atoms with E-state index in [9.17, 15) is 13.6 Å². The molecular weight excluding hydrogens is 382 g/mol. The minimum Gasteiger partial charge on any atom is -0.494 e. The Bertz CT molecular complexity index is 1050. The molecule has 0 spiro atoms. The zero-order valence-electron chi connectivity index (χ0n) is 17.1. The van der Waals surface area contributed by atoms with E-state index >= 15 is 0 Å². The number of carbonyl (C=O) groups is 1. The molecule has 0 saturated heterocycles. The van der Waals surface area contributed by atoms with Crippen LogP contribution in [0.1, 0.15) is 45.5 Å². The van der Waals surface area contributed by atoms with E-state index in [1.165, 1.54) is 11.6 Å². The molecule has 0 aliphatic rings. The maximum atomic E-state index is 14.5. The fourth-order valence-electron chi connectivity index (χ4n) is 3.19. The summed E-state index contributed by atoms with van der Waals surface area (Å²) >= 11 is 0.